The van der Waals surface area contributed by atoms with Crippen LogP contribution in [-0.4, -0.2) is 15.7 Å². The molecule has 5 nitrogen and oxygen atoms in total. The number of para-hydroxylation sites is 5. The van der Waals surface area contributed by atoms with Gasteiger partial charge in [-0.05, 0) is 136 Å². The largest absolute Gasteiger partial charge is 0.366 e. The van der Waals surface area contributed by atoms with Gasteiger partial charge in [0.1, 0.15) is 12.0 Å². The van der Waals surface area contributed by atoms with E-state index >= 15 is 0 Å². The summed E-state index contributed by atoms with van der Waals surface area (Å²) in [5.41, 5.74) is 17.6. The summed E-state index contributed by atoms with van der Waals surface area (Å²) < 4.78 is 4.77. The van der Waals surface area contributed by atoms with Crippen LogP contribution < -0.4 is 15.5 Å². The smallest absolute Gasteiger partial charge is 0.132 e. The van der Waals surface area contributed by atoms with Crippen molar-refractivity contribution in [3.05, 3.63) is 253 Å². The van der Waals surface area contributed by atoms with Gasteiger partial charge < -0.3 is 24.7 Å². The molecule has 2 aliphatic rings. The highest BCUT2D eigenvalue weighted by Gasteiger charge is 2.35. The average molecular weight is 834 g/mol. The van der Waals surface area contributed by atoms with Crippen molar-refractivity contribution in [2.45, 2.75) is 6.17 Å². The van der Waals surface area contributed by atoms with Gasteiger partial charge in [0.15, 0.2) is 0 Å². The molecule has 2 N–H and O–H groups in total. The molecule has 2 aliphatic heterocycles. The Morgan fingerprint density at radius 1 is 0.369 bits per heavy atom. The predicted octanol–water partition coefficient (Wildman–Crippen LogP) is 14.2. The highest BCUT2D eigenvalue weighted by atomic mass is 15.4. The second-order valence-electron chi connectivity index (χ2n) is 17.1. The highest BCUT2D eigenvalue weighted by molar-refractivity contribution is 6.12. The van der Waals surface area contributed by atoms with E-state index in [9.17, 15) is 0 Å². The summed E-state index contributed by atoms with van der Waals surface area (Å²) in [4.78, 5) is 2.43. The molecule has 2 aromatic heterocycles. The Morgan fingerprint density at radius 3 is 1.37 bits per heavy atom. The van der Waals surface area contributed by atoms with Crippen LogP contribution in [0.3, 0.4) is 0 Å². The van der Waals surface area contributed by atoms with Gasteiger partial charge >= 0.3 is 0 Å². The number of aromatic nitrogens is 2. The van der Waals surface area contributed by atoms with Gasteiger partial charge in [-0.2, -0.15) is 0 Å². The molecule has 65 heavy (non-hydrogen) atoms. The molecule has 13 rings (SSSR count). The maximum atomic E-state index is 4.03. The maximum Gasteiger partial charge on any atom is 0.132 e. The molecule has 308 valence electrons. The van der Waals surface area contributed by atoms with Gasteiger partial charge in [0.25, 0.3) is 0 Å². The third-order valence-electron chi connectivity index (χ3n) is 13.3. The number of hydrogen-bond donors (Lipinski definition) is 2. The van der Waals surface area contributed by atoms with Crippen LogP contribution in [0.4, 0.5) is 5.69 Å². The van der Waals surface area contributed by atoms with Crippen molar-refractivity contribution in [2.75, 3.05) is 11.4 Å². The average Bonchev–Trinajstić information content (AvgIpc) is 4.05. The molecule has 11 aromatic rings. The standard InChI is InChI=1S/C60H43N5/c1-5-17-40(18-6-1)46-38-54-60(61-39-46)65(49-23-11-4-12-24-49)59(62-54)45-34-43(41-29-31-57-52(36-41)50-25-13-15-27-55(50)63(57)47-19-7-2-8-20-47)33-44(35-45)42-30-32-58-53(37-42)51-26-14-16-28-56(51)64(58)48-21-9-3-10-22-48/h1-38,59,61-62H,39H2. The highest BCUT2D eigenvalue weighted by Crippen LogP contribution is 2.43. The predicted molar refractivity (Wildman–Crippen MR) is 270 cm³/mol. The molecule has 1 unspecified atom stereocenters. The zero-order valence-corrected chi connectivity index (χ0v) is 35.6. The van der Waals surface area contributed by atoms with E-state index in [0.29, 0.717) is 0 Å². The summed E-state index contributed by atoms with van der Waals surface area (Å²) >= 11 is 0. The summed E-state index contributed by atoms with van der Waals surface area (Å²) in [6.45, 7) is 0.735. The lowest BCUT2D eigenvalue weighted by Crippen LogP contribution is -2.34. The molecule has 1 atom stereocenters. The Morgan fingerprint density at radius 2 is 0.831 bits per heavy atom. The van der Waals surface area contributed by atoms with Gasteiger partial charge in [-0.1, -0.05) is 133 Å². The monoisotopic (exact) mass is 833 g/mol. The Balaban J connectivity index is 1.02. The van der Waals surface area contributed by atoms with Crippen LogP contribution in [0.2, 0.25) is 0 Å². The van der Waals surface area contributed by atoms with Crippen molar-refractivity contribution in [1.29, 1.82) is 0 Å². The Hall–Kier alpha value is -8.54. The molecule has 0 saturated carbocycles. The zero-order valence-electron chi connectivity index (χ0n) is 35.6. The molecule has 5 heteroatoms. The summed E-state index contributed by atoms with van der Waals surface area (Å²) in [7, 11) is 0. The quantitative estimate of drug-likeness (QED) is 0.168. The molecule has 0 bridgehead atoms. The number of fused-ring (bicyclic) bond motifs is 6. The van der Waals surface area contributed by atoms with E-state index < -0.39 is 0 Å². The maximum absolute atomic E-state index is 4.03. The molecule has 0 aliphatic carbocycles. The van der Waals surface area contributed by atoms with E-state index in [1.807, 2.05) is 0 Å². The zero-order chi connectivity index (χ0) is 42.8. The lowest BCUT2D eigenvalue weighted by Gasteiger charge is -2.31. The molecule has 0 spiro atoms. The number of rotatable bonds is 7. The first-order valence-electron chi connectivity index (χ1n) is 22.4. The number of nitrogens with one attached hydrogen (secondary N) is 2. The summed E-state index contributed by atoms with van der Waals surface area (Å²) in [6.07, 6.45) is 2.14. The number of nitrogens with zero attached hydrogens (tertiary/aromatic N) is 3. The van der Waals surface area contributed by atoms with Crippen molar-refractivity contribution in [1.82, 2.24) is 19.8 Å². The third-order valence-corrected chi connectivity index (χ3v) is 13.3. The van der Waals surface area contributed by atoms with Gasteiger partial charge in [0.2, 0.25) is 0 Å². The van der Waals surface area contributed by atoms with E-state index in [4.69, 9.17) is 0 Å². The Labute approximate surface area is 377 Å². The molecule has 4 heterocycles. The van der Waals surface area contributed by atoms with Crippen LogP contribution in [0.25, 0.3) is 82.8 Å². The van der Waals surface area contributed by atoms with Gasteiger partial charge in [-0.25, -0.2) is 0 Å². The van der Waals surface area contributed by atoms with Crippen LogP contribution in [0.1, 0.15) is 17.3 Å². The van der Waals surface area contributed by atoms with Crippen LogP contribution in [0.5, 0.6) is 0 Å². The van der Waals surface area contributed by atoms with Crippen molar-refractivity contribution in [3.63, 3.8) is 0 Å². The van der Waals surface area contributed by atoms with Crippen molar-refractivity contribution in [2.24, 2.45) is 0 Å². The lowest BCUT2D eigenvalue weighted by atomic mass is 9.93. The number of allylic oxidation sites excluding steroid dienone is 1. The summed E-state index contributed by atoms with van der Waals surface area (Å²) in [6, 6.07) is 81.6. The second kappa shape index (κ2) is 15.1. The van der Waals surface area contributed by atoms with Crippen LogP contribution >= 0.6 is 0 Å². The first kappa shape index (κ1) is 37.1. The number of anilines is 1. The van der Waals surface area contributed by atoms with Gasteiger partial charge in [0, 0.05) is 45.2 Å². The minimum atomic E-state index is -0.188. The van der Waals surface area contributed by atoms with E-state index in [-0.39, 0.29) is 6.17 Å². The summed E-state index contributed by atoms with van der Waals surface area (Å²) in [5.74, 6) is 1.08. The van der Waals surface area contributed by atoms with Gasteiger partial charge in [-0.3, -0.25) is 0 Å². The molecule has 0 amide bonds. The van der Waals surface area contributed by atoms with E-state index in [0.717, 1.165) is 46.3 Å². The Bertz CT molecular complexity index is 3500. The molecule has 9 aromatic carbocycles. The fourth-order valence-corrected chi connectivity index (χ4v) is 10.3. The first-order valence-corrected chi connectivity index (χ1v) is 22.4. The van der Waals surface area contributed by atoms with Crippen molar-refractivity contribution in [3.8, 4) is 33.6 Å². The third kappa shape index (κ3) is 6.16. The second-order valence-corrected chi connectivity index (χ2v) is 17.1. The van der Waals surface area contributed by atoms with Crippen LogP contribution in [0.15, 0.2) is 242 Å². The fourth-order valence-electron chi connectivity index (χ4n) is 10.3. The van der Waals surface area contributed by atoms with Crippen molar-refractivity contribution < 1.29 is 0 Å². The van der Waals surface area contributed by atoms with Gasteiger partial charge in [-0.15, -0.1) is 0 Å². The number of dihydropyridines is 1. The van der Waals surface area contributed by atoms with Crippen LogP contribution in [0, 0.1) is 0 Å². The van der Waals surface area contributed by atoms with Gasteiger partial charge in [0.05, 0.1) is 27.8 Å². The molecule has 0 saturated heterocycles. The topological polar surface area (TPSA) is 37.2 Å². The summed E-state index contributed by atoms with van der Waals surface area (Å²) in [5, 5.41) is 12.8. The van der Waals surface area contributed by atoms with Crippen LogP contribution in [-0.2, 0) is 0 Å². The van der Waals surface area contributed by atoms with E-state index in [1.54, 1.807) is 0 Å². The molecular weight excluding hydrogens is 791 g/mol. The number of hydrogen-bond acceptors (Lipinski definition) is 3. The van der Waals surface area contributed by atoms with E-state index in [2.05, 4.69) is 255 Å². The molecule has 0 fully saturated rings. The van der Waals surface area contributed by atoms with Crippen molar-refractivity contribution >= 4 is 54.9 Å². The first-order chi connectivity index (χ1) is 32.2. The normalized spacial score (nSPS) is 14.8. The SMILES string of the molecule is C1=C(c2ccccc2)CNC2=C1NC(c1cc(-c3ccc4c(c3)c3ccccc3n4-c3ccccc3)cc(-c3ccc4c(c3)c3ccccc3n4-c3ccccc3)c1)N2c1ccccc1. The van der Waals surface area contributed by atoms with E-state index in [1.165, 1.54) is 71.4 Å². The molecular formula is C60H43N5. The Kier molecular flexibility index (Phi) is 8.59. The minimum Gasteiger partial charge on any atom is -0.366 e. The number of benzene rings is 9. The lowest BCUT2D eigenvalue weighted by molar-refractivity contribution is 0.642. The minimum absolute atomic E-state index is 0.188. The molecule has 0 radical (unpaired) electrons. The fraction of sp³-hybridized carbons (Fsp3) is 0.0333.